The van der Waals surface area contributed by atoms with Crippen molar-refractivity contribution in [3.8, 4) is 5.75 Å². The first-order valence-electron chi connectivity index (χ1n) is 11.0. The van der Waals surface area contributed by atoms with E-state index in [1.807, 2.05) is 62.4 Å². The maximum Gasteiger partial charge on any atom is 0.261 e. The van der Waals surface area contributed by atoms with Crippen LogP contribution in [0.15, 0.2) is 66.7 Å². The number of benzene rings is 3. The Hall–Kier alpha value is -3.02. The van der Waals surface area contributed by atoms with Crippen LogP contribution in [0.2, 0.25) is 10.0 Å². The first-order valence-corrected chi connectivity index (χ1v) is 11.7. The minimum Gasteiger partial charge on any atom is -0.484 e. The zero-order chi connectivity index (χ0) is 24.7. The fraction of sp³-hybridized carbons (Fsp3) is 0.259. The highest BCUT2D eigenvalue weighted by Crippen LogP contribution is 2.27. The third kappa shape index (κ3) is 6.75. The second-order valence-corrected chi connectivity index (χ2v) is 8.97. The van der Waals surface area contributed by atoms with Gasteiger partial charge in [0.2, 0.25) is 5.91 Å². The Kier molecular flexibility index (Phi) is 8.97. The van der Waals surface area contributed by atoms with E-state index in [4.69, 9.17) is 27.9 Å². The molecular weight excluding hydrogens is 471 g/mol. The van der Waals surface area contributed by atoms with Crippen LogP contribution in [0.3, 0.4) is 0 Å². The van der Waals surface area contributed by atoms with Gasteiger partial charge in [0.25, 0.3) is 5.91 Å². The van der Waals surface area contributed by atoms with Crippen LogP contribution in [-0.4, -0.2) is 36.4 Å². The number of halogens is 2. The Morgan fingerprint density at radius 2 is 1.56 bits per heavy atom. The number of hydrogen-bond acceptors (Lipinski definition) is 3. The van der Waals surface area contributed by atoms with Crippen LogP contribution in [0, 0.1) is 13.8 Å². The number of nitrogens with zero attached hydrogens (tertiary/aromatic N) is 1. The zero-order valence-corrected chi connectivity index (χ0v) is 21.0. The number of hydrogen-bond donors (Lipinski definition) is 1. The van der Waals surface area contributed by atoms with Crippen molar-refractivity contribution in [1.29, 1.82) is 0 Å². The normalized spacial score (nSPS) is 11.6. The summed E-state index contributed by atoms with van der Waals surface area (Å²) >= 11 is 12.8. The molecule has 0 spiro atoms. The molecule has 0 aliphatic heterocycles. The molecule has 1 atom stereocenters. The van der Waals surface area contributed by atoms with Crippen molar-refractivity contribution >= 4 is 35.0 Å². The summed E-state index contributed by atoms with van der Waals surface area (Å²) in [4.78, 5) is 28.0. The van der Waals surface area contributed by atoms with E-state index in [1.165, 1.54) is 4.90 Å². The lowest BCUT2D eigenvalue weighted by Gasteiger charge is -2.31. The number of aryl methyl sites for hydroxylation is 2. The quantitative estimate of drug-likeness (QED) is 0.431. The summed E-state index contributed by atoms with van der Waals surface area (Å²) in [7, 11) is 1.55. The van der Waals surface area contributed by atoms with Gasteiger partial charge in [0, 0.05) is 35.6 Å². The first kappa shape index (κ1) is 25.6. The summed E-state index contributed by atoms with van der Waals surface area (Å²) in [5.41, 5.74) is 3.57. The van der Waals surface area contributed by atoms with Crippen molar-refractivity contribution in [2.75, 3.05) is 13.7 Å². The van der Waals surface area contributed by atoms with Gasteiger partial charge in [0.05, 0.1) is 0 Å². The summed E-state index contributed by atoms with van der Waals surface area (Å²) < 4.78 is 5.83. The third-order valence-corrected chi connectivity index (χ3v) is 6.17. The summed E-state index contributed by atoms with van der Waals surface area (Å²) in [6.07, 6.45) is 0.331. The second-order valence-electron chi connectivity index (χ2n) is 8.15. The highest BCUT2D eigenvalue weighted by Gasteiger charge is 2.31. The molecule has 1 N–H and O–H groups in total. The lowest BCUT2D eigenvalue weighted by atomic mass is 10.0. The predicted molar refractivity (Wildman–Crippen MR) is 136 cm³/mol. The fourth-order valence-corrected chi connectivity index (χ4v) is 4.34. The molecule has 2 amide bonds. The lowest BCUT2D eigenvalue weighted by Crippen LogP contribution is -2.51. The predicted octanol–water partition coefficient (Wildman–Crippen LogP) is 5.38. The van der Waals surface area contributed by atoms with Crippen LogP contribution in [0.25, 0.3) is 0 Å². The zero-order valence-electron chi connectivity index (χ0n) is 19.5. The van der Waals surface area contributed by atoms with Crippen LogP contribution in [0.1, 0.15) is 22.3 Å². The molecule has 0 bridgehead atoms. The highest BCUT2D eigenvalue weighted by molar-refractivity contribution is 6.36. The number of carbonyl (C=O) groups is 2. The first-order chi connectivity index (χ1) is 16.3. The van der Waals surface area contributed by atoms with Crippen molar-refractivity contribution < 1.29 is 14.3 Å². The van der Waals surface area contributed by atoms with Crippen LogP contribution in [0.4, 0.5) is 0 Å². The van der Waals surface area contributed by atoms with E-state index in [-0.39, 0.29) is 25.0 Å². The molecule has 0 aliphatic carbocycles. The van der Waals surface area contributed by atoms with Gasteiger partial charge in [0.1, 0.15) is 11.8 Å². The second kappa shape index (κ2) is 11.9. The number of ether oxygens (including phenoxy) is 1. The van der Waals surface area contributed by atoms with E-state index >= 15 is 0 Å². The highest BCUT2D eigenvalue weighted by atomic mass is 35.5. The Balaban J connectivity index is 1.93. The fourth-order valence-electron chi connectivity index (χ4n) is 3.82. The molecule has 0 radical (unpaired) electrons. The molecule has 0 fully saturated rings. The Morgan fingerprint density at radius 1 is 0.941 bits per heavy atom. The number of amides is 2. The minimum atomic E-state index is -0.782. The third-order valence-electron chi connectivity index (χ3n) is 5.47. The Bertz CT molecular complexity index is 1110. The smallest absolute Gasteiger partial charge is 0.261 e. The van der Waals surface area contributed by atoms with Crippen molar-refractivity contribution in [1.82, 2.24) is 10.2 Å². The molecule has 3 aromatic rings. The molecule has 0 saturated carbocycles. The molecule has 7 heteroatoms. The molecule has 3 rings (SSSR count). The number of carbonyl (C=O) groups excluding carboxylic acids is 2. The van der Waals surface area contributed by atoms with Gasteiger partial charge in [-0.1, -0.05) is 65.7 Å². The van der Waals surface area contributed by atoms with Gasteiger partial charge in [-0.2, -0.15) is 0 Å². The maximum absolute atomic E-state index is 13.5. The van der Waals surface area contributed by atoms with Crippen molar-refractivity contribution in [3.63, 3.8) is 0 Å². The van der Waals surface area contributed by atoms with Gasteiger partial charge in [-0.05, 0) is 54.8 Å². The van der Waals surface area contributed by atoms with Crippen molar-refractivity contribution in [3.05, 3.63) is 99.0 Å². The average Bonchev–Trinajstić information content (AvgIpc) is 2.81. The Morgan fingerprint density at radius 3 is 2.15 bits per heavy atom. The number of nitrogens with one attached hydrogen (secondary N) is 1. The van der Waals surface area contributed by atoms with Gasteiger partial charge in [-0.15, -0.1) is 0 Å². The summed E-state index contributed by atoms with van der Waals surface area (Å²) in [6.45, 7) is 3.77. The molecule has 34 heavy (non-hydrogen) atoms. The van der Waals surface area contributed by atoms with E-state index in [2.05, 4.69) is 5.32 Å². The van der Waals surface area contributed by atoms with Gasteiger partial charge in [0.15, 0.2) is 6.61 Å². The van der Waals surface area contributed by atoms with Crippen LogP contribution < -0.4 is 10.1 Å². The van der Waals surface area contributed by atoms with E-state index in [9.17, 15) is 9.59 Å². The molecule has 3 aromatic carbocycles. The van der Waals surface area contributed by atoms with Crippen molar-refractivity contribution in [2.45, 2.75) is 32.9 Å². The molecule has 0 heterocycles. The van der Waals surface area contributed by atoms with E-state index in [0.29, 0.717) is 27.8 Å². The average molecular weight is 499 g/mol. The standard InChI is InChI=1S/C27H28Cl2N2O3/c1-18-12-19(2)14-21(13-18)34-17-26(32)31(16-22-23(28)10-7-11-24(22)29)25(27(33)30-3)15-20-8-5-4-6-9-20/h4-14,25H,15-17H2,1-3H3,(H,30,33). The largest absolute Gasteiger partial charge is 0.484 e. The van der Waals surface area contributed by atoms with Crippen LogP contribution in [0.5, 0.6) is 5.75 Å². The van der Waals surface area contributed by atoms with Gasteiger partial charge < -0.3 is 15.0 Å². The maximum atomic E-state index is 13.5. The Labute approximate surface area is 210 Å². The topological polar surface area (TPSA) is 58.6 Å². The van der Waals surface area contributed by atoms with E-state index in [1.54, 1.807) is 25.2 Å². The van der Waals surface area contributed by atoms with Crippen LogP contribution in [-0.2, 0) is 22.6 Å². The van der Waals surface area contributed by atoms with Crippen LogP contribution >= 0.6 is 23.2 Å². The molecule has 1 unspecified atom stereocenters. The number of rotatable bonds is 9. The molecule has 0 aliphatic rings. The molecule has 178 valence electrons. The van der Waals surface area contributed by atoms with E-state index < -0.39 is 6.04 Å². The minimum absolute atomic E-state index is 0.0679. The molecule has 0 aromatic heterocycles. The van der Waals surface area contributed by atoms with Gasteiger partial charge in [-0.3, -0.25) is 9.59 Å². The van der Waals surface area contributed by atoms with Crippen molar-refractivity contribution in [2.24, 2.45) is 0 Å². The summed E-state index contributed by atoms with van der Waals surface area (Å²) in [6, 6.07) is 19.7. The summed E-state index contributed by atoms with van der Waals surface area (Å²) in [5.74, 6) is -0.0346. The van der Waals surface area contributed by atoms with Gasteiger partial charge in [-0.25, -0.2) is 0 Å². The van der Waals surface area contributed by atoms with E-state index in [0.717, 1.165) is 16.7 Å². The molecular formula is C27H28Cl2N2O3. The van der Waals surface area contributed by atoms with Gasteiger partial charge >= 0.3 is 0 Å². The summed E-state index contributed by atoms with van der Waals surface area (Å²) in [5, 5.41) is 3.54. The molecule has 5 nitrogen and oxygen atoms in total. The lowest BCUT2D eigenvalue weighted by molar-refractivity contribution is -0.142. The SMILES string of the molecule is CNC(=O)C(Cc1ccccc1)N(Cc1c(Cl)cccc1Cl)C(=O)COc1cc(C)cc(C)c1. The number of likely N-dealkylation sites (N-methyl/N-ethyl adjacent to an activating group) is 1. The molecule has 0 saturated heterocycles. The monoisotopic (exact) mass is 498 g/mol.